The third kappa shape index (κ3) is 6.04. The molecule has 3 aromatic carbocycles. The molecule has 0 radical (unpaired) electrons. The van der Waals surface area contributed by atoms with Gasteiger partial charge in [-0.15, -0.1) is 0 Å². The smallest absolute Gasteiger partial charge is 0.243 e. The molecule has 3 rings (SSSR count). The van der Waals surface area contributed by atoms with Gasteiger partial charge in [-0.2, -0.15) is 4.31 Å². The molecule has 0 aliphatic carbocycles. The van der Waals surface area contributed by atoms with Gasteiger partial charge in [0.2, 0.25) is 15.9 Å². The van der Waals surface area contributed by atoms with Gasteiger partial charge in [-0.1, -0.05) is 53.0 Å². The Morgan fingerprint density at radius 1 is 0.968 bits per heavy atom. The summed E-state index contributed by atoms with van der Waals surface area (Å²) in [6.07, 6.45) is 0. The van der Waals surface area contributed by atoms with Gasteiger partial charge in [-0.3, -0.25) is 4.79 Å². The number of rotatable bonds is 7. The van der Waals surface area contributed by atoms with E-state index in [9.17, 15) is 17.6 Å². The highest BCUT2D eigenvalue weighted by atomic mass is 35.5. The van der Waals surface area contributed by atoms with Gasteiger partial charge in [0.05, 0.1) is 21.5 Å². The average Bonchev–Trinajstić information content (AvgIpc) is 2.72. The van der Waals surface area contributed by atoms with E-state index in [0.717, 1.165) is 9.87 Å². The minimum absolute atomic E-state index is 0.0579. The van der Waals surface area contributed by atoms with E-state index < -0.39 is 28.3 Å². The topological polar surface area (TPSA) is 66.5 Å². The molecule has 0 aliphatic heterocycles. The van der Waals surface area contributed by atoms with Crippen molar-refractivity contribution in [2.45, 2.75) is 18.4 Å². The Kier molecular flexibility index (Phi) is 7.33. The van der Waals surface area contributed by atoms with Crippen LogP contribution in [0.15, 0.2) is 71.6 Å². The monoisotopic (exact) mass is 480 g/mol. The zero-order valence-corrected chi connectivity index (χ0v) is 18.8. The summed E-state index contributed by atoms with van der Waals surface area (Å²) in [6, 6.07) is 16.3. The summed E-state index contributed by atoms with van der Waals surface area (Å²) in [4.78, 5) is 12.7. The number of nitrogens with one attached hydrogen (secondary N) is 1. The van der Waals surface area contributed by atoms with E-state index in [2.05, 4.69) is 5.32 Å². The number of nitrogens with zero attached hydrogens (tertiary/aromatic N) is 1. The van der Waals surface area contributed by atoms with Gasteiger partial charge in [-0.25, -0.2) is 12.8 Å². The molecule has 1 N–H and O–H groups in total. The maximum atomic E-state index is 13.3. The van der Waals surface area contributed by atoms with Crippen molar-refractivity contribution in [3.05, 3.63) is 93.7 Å². The Hall–Kier alpha value is -2.45. The van der Waals surface area contributed by atoms with Crippen molar-refractivity contribution >= 4 is 44.8 Å². The summed E-state index contributed by atoms with van der Waals surface area (Å²) < 4.78 is 40.8. The third-order valence-electron chi connectivity index (χ3n) is 4.45. The standard InChI is InChI=1S/C22H19Cl2FN2O3S/c1-15-2-9-19(10-3-15)31(29,30)27(13-16-4-6-17(25)7-5-16)14-22(28)26-18-8-11-20(23)21(24)12-18/h2-12H,13-14H2,1H3,(H,26,28). The van der Waals surface area contributed by atoms with E-state index in [1.54, 1.807) is 18.2 Å². The highest BCUT2D eigenvalue weighted by molar-refractivity contribution is 7.89. The molecule has 31 heavy (non-hydrogen) atoms. The maximum Gasteiger partial charge on any atom is 0.243 e. The van der Waals surface area contributed by atoms with Crippen molar-refractivity contribution in [1.82, 2.24) is 4.31 Å². The molecule has 0 spiro atoms. The third-order valence-corrected chi connectivity index (χ3v) is 7.00. The van der Waals surface area contributed by atoms with Crippen molar-refractivity contribution in [2.75, 3.05) is 11.9 Å². The number of hydrogen-bond acceptors (Lipinski definition) is 3. The minimum Gasteiger partial charge on any atom is -0.325 e. The summed E-state index contributed by atoms with van der Waals surface area (Å²) in [5.41, 5.74) is 1.83. The second-order valence-corrected chi connectivity index (χ2v) is 9.64. The summed E-state index contributed by atoms with van der Waals surface area (Å²) in [5.74, 6) is -0.995. The Labute approximate surface area is 190 Å². The van der Waals surface area contributed by atoms with Crippen LogP contribution in [0, 0.1) is 12.7 Å². The highest BCUT2D eigenvalue weighted by Crippen LogP contribution is 2.25. The molecule has 0 atom stereocenters. The predicted octanol–water partition coefficient (Wildman–Crippen LogP) is 5.27. The van der Waals surface area contributed by atoms with Crippen LogP contribution in [-0.4, -0.2) is 25.2 Å². The first-order chi connectivity index (χ1) is 14.6. The lowest BCUT2D eigenvalue weighted by atomic mass is 10.2. The molecule has 0 heterocycles. The summed E-state index contributed by atoms with van der Waals surface area (Å²) >= 11 is 11.9. The number of amides is 1. The van der Waals surface area contributed by atoms with Crippen molar-refractivity contribution < 1.29 is 17.6 Å². The van der Waals surface area contributed by atoms with Gasteiger partial charge in [0.15, 0.2) is 0 Å². The fourth-order valence-corrected chi connectivity index (χ4v) is 4.50. The molecular formula is C22H19Cl2FN2O3S. The molecule has 0 saturated heterocycles. The molecule has 0 fully saturated rings. The molecule has 9 heteroatoms. The van der Waals surface area contributed by atoms with Crippen LogP contribution < -0.4 is 5.32 Å². The second-order valence-electron chi connectivity index (χ2n) is 6.89. The van der Waals surface area contributed by atoms with Crippen molar-refractivity contribution in [2.24, 2.45) is 0 Å². The normalized spacial score (nSPS) is 11.5. The average molecular weight is 481 g/mol. The Morgan fingerprint density at radius 3 is 2.23 bits per heavy atom. The summed E-state index contributed by atoms with van der Waals surface area (Å²) in [7, 11) is -4.00. The van der Waals surface area contributed by atoms with E-state index >= 15 is 0 Å². The van der Waals surface area contributed by atoms with Gasteiger partial charge < -0.3 is 5.32 Å². The van der Waals surface area contributed by atoms with E-state index in [-0.39, 0.29) is 16.5 Å². The lowest BCUT2D eigenvalue weighted by Crippen LogP contribution is -2.37. The Balaban J connectivity index is 1.87. The van der Waals surface area contributed by atoms with Gasteiger partial charge in [0, 0.05) is 12.2 Å². The number of hydrogen-bond donors (Lipinski definition) is 1. The van der Waals surface area contributed by atoms with Crippen LogP contribution in [0.2, 0.25) is 10.0 Å². The van der Waals surface area contributed by atoms with Gasteiger partial charge >= 0.3 is 0 Å². The van der Waals surface area contributed by atoms with Gasteiger partial charge in [0.1, 0.15) is 5.82 Å². The molecule has 1 amide bonds. The maximum absolute atomic E-state index is 13.3. The number of halogens is 3. The first-order valence-corrected chi connectivity index (χ1v) is 11.4. The SMILES string of the molecule is Cc1ccc(S(=O)(=O)N(CC(=O)Nc2ccc(Cl)c(Cl)c2)Cc2ccc(F)cc2)cc1. The molecule has 3 aromatic rings. The number of carbonyl (C=O) groups is 1. The molecule has 0 unspecified atom stereocenters. The molecule has 0 aliphatic rings. The van der Waals surface area contributed by atoms with Crippen LogP contribution >= 0.6 is 23.2 Å². The Morgan fingerprint density at radius 2 is 1.61 bits per heavy atom. The quantitative estimate of drug-likeness (QED) is 0.500. The fourth-order valence-electron chi connectivity index (χ4n) is 2.81. The number of sulfonamides is 1. The minimum atomic E-state index is -4.00. The van der Waals surface area contributed by atoms with Gasteiger partial charge in [-0.05, 0) is 55.0 Å². The van der Waals surface area contributed by atoms with Crippen molar-refractivity contribution in [3.63, 3.8) is 0 Å². The Bertz CT molecular complexity index is 1180. The fraction of sp³-hybridized carbons (Fsp3) is 0.136. The van der Waals surface area contributed by atoms with Gasteiger partial charge in [0.25, 0.3) is 0 Å². The molecule has 5 nitrogen and oxygen atoms in total. The van der Waals surface area contributed by atoms with Crippen LogP contribution in [0.4, 0.5) is 10.1 Å². The number of anilines is 1. The summed E-state index contributed by atoms with van der Waals surface area (Å²) in [6.45, 7) is 1.29. The lowest BCUT2D eigenvalue weighted by Gasteiger charge is -2.22. The van der Waals surface area contributed by atoms with Crippen molar-refractivity contribution in [3.8, 4) is 0 Å². The zero-order chi connectivity index (χ0) is 22.6. The number of aryl methyl sites for hydroxylation is 1. The lowest BCUT2D eigenvalue weighted by molar-refractivity contribution is -0.116. The van der Waals surface area contributed by atoms with Crippen LogP contribution in [0.1, 0.15) is 11.1 Å². The first-order valence-electron chi connectivity index (χ1n) is 9.21. The summed E-state index contributed by atoms with van der Waals surface area (Å²) in [5, 5.41) is 3.21. The molecule has 0 bridgehead atoms. The van der Waals surface area contributed by atoms with Crippen molar-refractivity contribution in [1.29, 1.82) is 0 Å². The van der Waals surface area contributed by atoms with E-state index in [1.807, 2.05) is 6.92 Å². The highest BCUT2D eigenvalue weighted by Gasteiger charge is 2.27. The largest absolute Gasteiger partial charge is 0.325 e. The predicted molar refractivity (Wildman–Crippen MR) is 120 cm³/mol. The number of carbonyl (C=O) groups excluding carboxylic acids is 1. The van der Waals surface area contributed by atoms with Crippen LogP contribution in [0.3, 0.4) is 0 Å². The zero-order valence-electron chi connectivity index (χ0n) is 16.5. The molecular weight excluding hydrogens is 462 g/mol. The van der Waals surface area contributed by atoms with E-state index in [4.69, 9.17) is 23.2 Å². The van der Waals surface area contributed by atoms with Crippen LogP contribution in [-0.2, 0) is 21.4 Å². The molecule has 0 aromatic heterocycles. The second kappa shape index (κ2) is 9.78. The number of benzene rings is 3. The van der Waals surface area contributed by atoms with Crippen LogP contribution in [0.25, 0.3) is 0 Å². The first kappa shape index (κ1) is 23.2. The van der Waals surface area contributed by atoms with Crippen LogP contribution in [0.5, 0.6) is 0 Å². The molecule has 0 saturated carbocycles. The van der Waals surface area contributed by atoms with E-state index in [1.165, 1.54) is 48.5 Å². The molecule has 162 valence electrons. The van der Waals surface area contributed by atoms with E-state index in [0.29, 0.717) is 16.3 Å².